The molecular formula is C9H18O3. The first kappa shape index (κ1) is 11.4. The summed E-state index contributed by atoms with van der Waals surface area (Å²) < 4.78 is 5.26. The van der Waals surface area contributed by atoms with Gasteiger partial charge in [-0.1, -0.05) is 20.8 Å². The van der Waals surface area contributed by atoms with E-state index in [2.05, 4.69) is 0 Å². The van der Waals surface area contributed by atoms with Crippen LogP contribution in [0, 0.1) is 5.41 Å². The Bertz CT molecular complexity index is 169. The number of ether oxygens (including phenoxy) is 1. The molecule has 1 atom stereocenters. The van der Waals surface area contributed by atoms with E-state index in [1.165, 1.54) is 0 Å². The molecule has 0 aromatic carbocycles. The van der Waals surface area contributed by atoms with Gasteiger partial charge in [0.05, 0.1) is 0 Å². The van der Waals surface area contributed by atoms with Crippen molar-refractivity contribution < 1.29 is 14.6 Å². The molecule has 0 saturated carbocycles. The summed E-state index contributed by atoms with van der Waals surface area (Å²) in [6.07, 6.45) is 0. The Hall–Kier alpha value is -0.570. The van der Waals surface area contributed by atoms with Crippen LogP contribution in [0.2, 0.25) is 0 Å². The molecule has 0 aliphatic heterocycles. The fraction of sp³-hybridized carbons (Fsp3) is 0.889. The maximum Gasteiger partial charge on any atom is 0.336 e. The molecule has 0 spiro atoms. The second-order valence-electron chi connectivity index (χ2n) is 4.02. The zero-order valence-corrected chi connectivity index (χ0v) is 8.47. The second kappa shape index (κ2) is 3.44. The van der Waals surface area contributed by atoms with Gasteiger partial charge in [0.1, 0.15) is 0 Å². The van der Waals surface area contributed by atoms with Crippen molar-refractivity contribution in [1.29, 1.82) is 0 Å². The molecule has 0 aliphatic carbocycles. The molecule has 1 unspecified atom stereocenters. The van der Waals surface area contributed by atoms with Gasteiger partial charge >= 0.3 is 5.97 Å². The van der Waals surface area contributed by atoms with Crippen LogP contribution >= 0.6 is 0 Å². The summed E-state index contributed by atoms with van der Waals surface area (Å²) in [5, 5.41) is 8.97. The Labute approximate surface area is 73.7 Å². The highest BCUT2D eigenvalue weighted by Gasteiger charge is 2.45. The molecule has 0 amide bonds. The van der Waals surface area contributed by atoms with Crippen molar-refractivity contribution in [3.05, 3.63) is 0 Å². The molecule has 1 N–H and O–H groups in total. The third-order valence-electron chi connectivity index (χ3n) is 2.27. The molecule has 0 bridgehead atoms. The van der Waals surface area contributed by atoms with Crippen LogP contribution in [0.4, 0.5) is 0 Å². The van der Waals surface area contributed by atoms with Gasteiger partial charge in [0.15, 0.2) is 5.60 Å². The van der Waals surface area contributed by atoms with E-state index in [1.807, 2.05) is 20.8 Å². The van der Waals surface area contributed by atoms with E-state index in [4.69, 9.17) is 9.84 Å². The smallest absolute Gasteiger partial charge is 0.336 e. The van der Waals surface area contributed by atoms with E-state index in [-0.39, 0.29) is 0 Å². The minimum Gasteiger partial charge on any atom is -0.479 e. The lowest BCUT2D eigenvalue weighted by Gasteiger charge is -2.37. The summed E-state index contributed by atoms with van der Waals surface area (Å²) in [4.78, 5) is 10.9. The molecule has 3 nitrogen and oxygen atoms in total. The molecule has 0 aromatic rings. The highest BCUT2D eigenvalue weighted by atomic mass is 16.5. The largest absolute Gasteiger partial charge is 0.479 e. The number of aliphatic carboxylic acids is 1. The lowest BCUT2D eigenvalue weighted by atomic mass is 9.77. The zero-order chi connectivity index (χ0) is 9.99. The topological polar surface area (TPSA) is 46.5 Å². The number of carboxylic acid groups (broad SMARTS) is 1. The Kier molecular flexibility index (Phi) is 3.27. The molecule has 0 rings (SSSR count). The van der Waals surface area contributed by atoms with Crippen LogP contribution in [-0.2, 0) is 9.53 Å². The van der Waals surface area contributed by atoms with Crippen LogP contribution in [-0.4, -0.2) is 23.3 Å². The monoisotopic (exact) mass is 174 g/mol. The van der Waals surface area contributed by atoms with E-state index >= 15 is 0 Å². The van der Waals surface area contributed by atoms with E-state index in [0.29, 0.717) is 6.61 Å². The maximum absolute atomic E-state index is 10.9. The zero-order valence-electron chi connectivity index (χ0n) is 8.47. The van der Waals surface area contributed by atoms with E-state index in [0.717, 1.165) is 0 Å². The first-order valence-electron chi connectivity index (χ1n) is 4.13. The van der Waals surface area contributed by atoms with Crippen molar-refractivity contribution in [2.45, 2.75) is 40.2 Å². The molecule has 12 heavy (non-hydrogen) atoms. The van der Waals surface area contributed by atoms with Gasteiger partial charge in [0.2, 0.25) is 0 Å². The fourth-order valence-corrected chi connectivity index (χ4v) is 0.888. The fourth-order valence-electron chi connectivity index (χ4n) is 0.888. The number of hydrogen-bond acceptors (Lipinski definition) is 2. The van der Waals surface area contributed by atoms with Crippen molar-refractivity contribution in [2.75, 3.05) is 6.61 Å². The quantitative estimate of drug-likeness (QED) is 0.711. The van der Waals surface area contributed by atoms with Gasteiger partial charge in [-0.2, -0.15) is 0 Å². The maximum atomic E-state index is 10.9. The van der Waals surface area contributed by atoms with E-state index in [9.17, 15) is 4.79 Å². The minimum atomic E-state index is -1.10. The number of carbonyl (C=O) groups is 1. The lowest BCUT2D eigenvalue weighted by Crippen LogP contribution is -2.49. The van der Waals surface area contributed by atoms with E-state index < -0.39 is 17.0 Å². The summed E-state index contributed by atoms with van der Waals surface area (Å²) in [7, 11) is 0. The van der Waals surface area contributed by atoms with Gasteiger partial charge in [-0.05, 0) is 13.8 Å². The van der Waals surface area contributed by atoms with Gasteiger partial charge in [0, 0.05) is 12.0 Å². The number of rotatable bonds is 3. The van der Waals surface area contributed by atoms with Crippen LogP contribution < -0.4 is 0 Å². The predicted octanol–water partition coefficient (Wildman–Crippen LogP) is 1.91. The highest BCUT2D eigenvalue weighted by molar-refractivity contribution is 5.78. The molecule has 0 aromatic heterocycles. The predicted molar refractivity (Wildman–Crippen MR) is 47.1 cm³/mol. The first-order chi connectivity index (χ1) is 5.25. The first-order valence-corrected chi connectivity index (χ1v) is 4.13. The Morgan fingerprint density at radius 1 is 1.33 bits per heavy atom. The lowest BCUT2D eigenvalue weighted by molar-refractivity contribution is -0.178. The molecule has 0 saturated heterocycles. The minimum absolute atomic E-state index is 0.394. The summed E-state index contributed by atoms with van der Waals surface area (Å²) in [6.45, 7) is 9.40. The van der Waals surface area contributed by atoms with Crippen molar-refractivity contribution in [2.24, 2.45) is 5.41 Å². The van der Waals surface area contributed by atoms with Crippen molar-refractivity contribution in [1.82, 2.24) is 0 Å². The van der Waals surface area contributed by atoms with Crippen molar-refractivity contribution in [3.8, 4) is 0 Å². The molecule has 0 radical (unpaired) electrons. The van der Waals surface area contributed by atoms with Crippen LogP contribution in [0.15, 0.2) is 0 Å². The van der Waals surface area contributed by atoms with Crippen LogP contribution in [0.1, 0.15) is 34.6 Å². The summed E-state index contributed by atoms with van der Waals surface area (Å²) in [5.41, 5.74) is -1.49. The van der Waals surface area contributed by atoms with Gasteiger partial charge in [-0.3, -0.25) is 0 Å². The Morgan fingerprint density at radius 3 is 1.83 bits per heavy atom. The van der Waals surface area contributed by atoms with Crippen molar-refractivity contribution >= 4 is 5.97 Å². The SMILES string of the molecule is CCOC(C)(C(=O)O)C(C)(C)C. The number of hydrogen-bond donors (Lipinski definition) is 1. The normalized spacial score (nSPS) is 17.1. The third-order valence-corrected chi connectivity index (χ3v) is 2.27. The number of carboxylic acids is 1. The summed E-state index contributed by atoms with van der Waals surface area (Å²) in [5.74, 6) is -0.906. The van der Waals surface area contributed by atoms with Gasteiger partial charge in [-0.15, -0.1) is 0 Å². The standard InChI is InChI=1S/C9H18O3/c1-6-12-9(5,7(10)11)8(2,3)4/h6H2,1-5H3,(H,10,11). The van der Waals surface area contributed by atoms with Gasteiger partial charge in [-0.25, -0.2) is 4.79 Å². The highest BCUT2D eigenvalue weighted by Crippen LogP contribution is 2.33. The molecule has 0 aliphatic rings. The van der Waals surface area contributed by atoms with Crippen LogP contribution in [0.25, 0.3) is 0 Å². The third kappa shape index (κ3) is 1.97. The van der Waals surface area contributed by atoms with Gasteiger partial charge in [0.25, 0.3) is 0 Å². The molecular weight excluding hydrogens is 156 g/mol. The van der Waals surface area contributed by atoms with E-state index in [1.54, 1.807) is 13.8 Å². The summed E-state index contributed by atoms with van der Waals surface area (Å²) in [6, 6.07) is 0. The van der Waals surface area contributed by atoms with Crippen LogP contribution in [0.5, 0.6) is 0 Å². The molecule has 0 fully saturated rings. The molecule has 72 valence electrons. The van der Waals surface area contributed by atoms with Crippen LogP contribution in [0.3, 0.4) is 0 Å². The molecule has 3 heteroatoms. The average molecular weight is 174 g/mol. The Balaban J connectivity index is 4.75. The summed E-state index contributed by atoms with van der Waals surface area (Å²) >= 11 is 0. The average Bonchev–Trinajstić information content (AvgIpc) is 1.85. The van der Waals surface area contributed by atoms with Crippen molar-refractivity contribution in [3.63, 3.8) is 0 Å². The molecule has 0 heterocycles. The van der Waals surface area contributed by atoms with Gasteiger partial charge < -0.3 is 9.84 Å². The Morgan fingerprint density at radius 2 is 1.75 bits per heavy atom. The second-order valence-corrected chi connectivity index (χ2v) is 4.02.